The van der Waals surface area contributed by atoms with Gasteiger partial charge in [-0.25, -0.2) is 0 Å². The van der Waals surface area contributed by atoms with Crippen LogP contribution in [0.15, 0.2) is 0 Å². The van der Waals surface area contributed by atoms with E-state index in [-0.39, 0.29) is 0 Å². The molecule has 12 heavy (non-hydrogen) atoms. The van der Waals surface area contributed by atoms with E-state index in [0.717, 1.165) is 11.8 Å². The van der Waals surface area contributed by atoms with Gasteiger partial charge in [0.1, 0.15) is 0 Å². The molecular formula is C10H21NS. The van der Waals surface area contributed by atoms with Crippen molar-refractivity contribution >= 4 is 11.8 Å². The molecular weight excluding hydrogens is 166 g/mol. The highest BCUT2D eigenvalue weighted by atomic mass is 32.2. The summed E-state index contributed by atoms with van der Waals surface area (Å²) < 4.78 is 0. The Balaban J connectivity index is 1.98. The summed E-state index contributed by atoms with van der Waals surface area (Å²) >= 11 is 2.13. The van der Waals surface area contributed by atoms with Crippen molar-refractivity contribution in [3.05, 3.63) is 0 Å². The maximum absolute atomic E-state index is 3.46. The molecule has 0 radical (unpaired) electrons. The van der Waals surface area contributed by atoms with Crippen molar-refractivity contribution in [1.82, 2.24) is 5.32 Å². The lowest BCUT2D eigenvalue weighted by Gasteiger charge is -2.22. The first-order chi connectivity index (χ1) is 5.79. The van der Waals surface area contributed by atoms with Crippen molar-refractivity contribution in [2.45, 2.75) is 26.7 Å². The van der Waals surface area contributed by atoms with Crippen molar-refractivity contribution in [3.8, 4) is 0 Å². The number of nitrogens with one attached hydrogen (secondary N) is 1. The Bertz CT molecular complexity index is 108. The molecule has 1 fully saturated rings. The summed E-state index contributed by atoms with van der Waals surface area (Å²) in [5, 5.41) is 3.46. The Morgan fingerprint density at radius 2 is 2.33 bits per heavy atom. The molecule has 0 bridgehead atoms. The van der Waals surface area contributed by atoms with Gasteiger partial charge in [-0.2, -0.15) is 11.8 Å². The number of thioether (sulfide) groups is 1. The van der Waals surface area contributed by atoms with E-state index in [0.29, 0.717) is 0 Å². The van der Waals surface area contributed by atoms with Crippen molar-refractivity contribution in [2.24, 2.45) is 11.8 Å². The first-order valence-corrected chi connectivity index (χ1v) is 6.23. The van der Waals surface area contributed by atoms with E-state index in [9.17, 15) is 0 Å². The first kappa shape index (κ1) is 10.4. The van der Waals surface area contributed by atoms with Crippen molar-refractivity contribution in [1.29, 1.82) is 0 Å². The minimum absolute atomic E-state index is 0.853. The van der Waals surface area contributed by atoms with E-state index in [1.54, 1.807) is 0 Å². The fourth-order valence-electron chi connectivity index (χ4n) is 1.54. The standard InChI is InChI=1S/C10H21NS/c1-9(2)7-12-8-10-4-3-5-11-6-10/h9-11H,3-8H2,1-2H3/t10-/m1/s1. The smallest absolute Gasteiger partial charge is 0.00126 e. The Morgan fingerprint density at radius 3 is 2.92 bits per heavy atom. The second kappa shape index (κ2) is 5.87. The zero-order valence-corrected chi connectivity index (χ0v) is 9.12. The fraction of sp³-hybridized carbons (Fsp3) is 1.00. The van der Waals surface area contributed by atoms with Crippen molar-refractivity contribution in [3.63, 3.8) is 0 Å². The number of hydrogen-bond acceptors (Lipinski definition) is 2. The Morgan fingerprint density at radius 1 is 1.50 bits per heavy atom. The van der Waals surface area contributed by atoms with Gasteiger partial charge in [-0.3, -0.25) is 0 Å². The van der Waals surface area contributed by atoms with Crippen LogP contribution in [0.4, 0.5) is 0 Å². The molecule has 0 aliphatic carbocycles. The summed E-state index contributed by atoms with van der Waals surface area (Å²) in [7, 11) is 0. The normalized spacial score (nSPS) is 24.8. The van der Waals surface area contributed by atoms with Crippen LogP contribution in [0.2, 0.25) is 0 Å². The Labute approximate surface area is 80.7 Å². The van der Waals surface area contributed by atoms with E-state index in [1.165, 1.54) is 37.4 Å². The van der Waals surface area contributed by atoms with Crippen LogP contribution >= 0.6 is 11.8 Å². The van der Waals surface area contributed by atoms with Gasteiger partial charge in [0, 0.05) is 0 Å². The van der Waals surface area contributed by atoms with E-state index >= 15 is 0 Å². The summed E-state index contributed by atoms with van der Waals surface area (Å²) in [5.74, 6) is 4.50. The van der Waals surface area contributed by atoms with Crippen LogP contribution in [-0.2, 0) is 0 Å². The Hall–Kier alpha value is 0.310. The van der Waals surface area contributed by atoms with Gasteiger partial charge in [0.05, 0.1) is 0 Å². The number of rotatable bonds is 4. The second-order valence-corrected chi connectivity index (χ2v) is 5.22. The summed E-state index contributed by atoms with van der Waals surface area (Å²) in [4.78, 5) is 0. The van der Waals surface area contributed by atoms with E-state index in [2.05, 4.69) is 30.9 Å². The van der Waals surface area contributed by atoms with Gasteiger partial charge in [-0.1, -0.05) is 13.8 Å². The number of piperidine rings is 1. The SMILES string of the molecule is CC(C)CSC[C@@H]1CCCNC1. The van der Waals surface area contributed by atoms with Crippen LogP contribution in [0.1, 0.15) is 26.7 Å². The van der Waals surface area contributed by atoms with Gasteiger partial charge in [0.15, 0.2) is 0 Å². The second-order valence-electron chi connectivity index (χ2n) is 4.14. The lowest BCUT2D eigenvalue weighted by atomic mass is 10.0. The minimum Gasteiger partial charge on any atom is -0.316 e. The summed E-state index contributed by atoms with van der Waals surface area (Å²) in [6.45, 7) is 7.09. The molecule has 0 aromatic carbocycles. The van der Waals surface area contributed by atoms with Gasteiger partial charge in [0.2, 0.25) is 0 Å². The molecule has 1 nitrogen and oxygen atoms in total. The summed E-state index contributed by atoms with van der Waals surface area (Å²) in [6, 6.07) is 0. The predicted molar refractivity (Wildman–Crippen MR) is 57.8 cm³/mol. The van der Waals surface area contributed by atoms with Crippen LogP contribution in [0.3, 0.4) is 0 Å². The zero-order valence-electron chi connectivity index (χ0n) is 8.31. The topological polar surface area (TPSA) is 12.0 Å². The summed E-state index contributed by atoms with van der Waals surface area (Å²) in [6.07, 6.45) is 2.82. The third-order valence-corrected chi connectivity index (χ3v) is 3.81. The average Bonchev–Trinajstić information content (AvgIpc) is 2.05. The molecule has 1 aliphatic heterocycles. The maximum atomic E-state index is 3.46. The van der Waals surface area contributed by atoms with Gasteiger partial charge in [-0.05, 0) is 49.3 Å². The average molecular weight is 187 g/mol. The van der Waals surface area contributed by atoms with E-state index in [1.807, 2.05) is 0 Å². The molecule has 0 spiro atoms. The zero-order chi connectivity index (χ0) is 8.81. The first-order valence-electron chi connectivity index (χ1n) is 5.07. The quantitative estimate of drug-likeness (QED) is 0.725. The predicted octanol–water partition coefficient (Wildman–Crippen LogP) is 2.38. The molecule has 0 saturated carbocycles. The molecule has 1 heterocycles. The van der Waals surface area contributed by atoms with Crippen molar-refractivity contribution < 1.29 is 0 Å². The highest BCUT2D eigenvalue weighted by Crippen LogP contribution is 2.17. The van der Waals surface area contributed by atoms with Gasteiger partial charge >= 0.3 is 0 Å². The molecule has 1 N–H and O–H groups in total. The van der Waals surface area contributed by atoms with E-state index in [4.69, 9.17) is 0 Å². The molecule has 0 unspecified atom stereocenters. The highest BCUT2D eigenvalue weighted by Gasteiger charge is 2.12. The molecule has 72 valence electrons. The van der Waals surface area contributed by atoms with Crippen LogP contribution < -0.4 is 5.32 Å². The fourth-order valence-corrected chi connectivity index (χ4v) is 2.76. The third kappa shape index (κ3) is 4.36. The summed E-state index contributed by atoms with van der Waals surface area (Å²) in [5.41, 5.74) is 0. The third-order valence-electron chi connectivity index (χ3n) is 2.20. The van der Waals surface area contributed by atoms with Gasteiger partial charge < -0.3 is 5.32 Å². The van der Waals surface area contributed by atoms with Crippen LogP contribution in [0, 0.1) is 11.8 Å². The lowest BCUT2D eigenvalue weighted by Crippen LogP contribution is -2.31. The molecule has 0 aromatic rings. The molecule has 1 aliphatic rings. The van der Waals surface area contributed by atoms with Gasteiger partial charge in [0.25, 0.3) is 0 Å². The van der Waals surface area contributed by atoms with Crippen LogP contribution in [0.25, 0.3) is 0 Å². The minimum atomic E-state index is 0.853. The molecule has 0 amide bonds. The largest absolute Gasteiger partial charge is 0.316 e. The number of hydrogen-bond donors (Lipinski definition) is 1. The maximum Gasteiger partial charge on any atom is -0.00126 e. The highest BCUT2D eigenvalue weighted by molar-refractivity contribution is 7.99. The molecule has 1 rings (SSSR count). The van der Waals surface area contributed by atoms with E-state index < -0.39 is 0 Å². The Kier molecular flexibility index (Phi) is 5.08. The molecule has 0 aromatic heterocycles. The molecule has 1 atom stereocenters. The molecule has 2 heteroatoms. The molecule has 1 saturated heterocycles. The lowest BCUT2D eigenvalue weighted by molar-refractivity contribution is 0.410. The van der Waals surface area contributed by atoms with Gasteiger partial charge in [-0.15, -0.1) is 0 Å². The van der Waals surface area contributed by atoms with Crippen LogP contribution in [-0.4, -0.2) is 24.6 Å². The monoisotopic (exact) mass is 187 g/mol. The van der Waals surface area contributed by atoms with Crippen molar-refractivity contribution in [2.75, 3.05) is 24.6 Å². The van der Waals surface area contributed by atoms with Crippen LogP contribution in [0.5, 0.6) is 0 Å².